The average molecular weight is 377 g/mol. The Hall–Kier alpha value is -1.77. The zero-order valence-corrected chi connectivity index (χ0v) is 15.3. The van der Waals surface area contributed by atoms with Crippen molar-refractivity contribution in [3.8, 4) is 0 Å². The summed E-state index contributed by atoms with van der Waals surface area (Å²) < 4.78 is 26.5. The van der Waals surface area contributed by atoms with Gasteiger partial charge in [-0.1, -0.05) is 0 Å². The van der Waals surface area contributed by atoms with Crippen molar-refractivity contribution >= 4 is 32.4 Å². The molecule has 132 valence electrons. The second-order valence-corrected chi connectivity index (χ2v) is 9.35. The Kier molecular flexibility index (Phi) is 4.35. The highest BCUT2D eigenvalue weighted by molar-refractivity contribution is 7.89. The molecular weight excluding hydrogens is 358 g/mol. The van der Waals surface area contributed by atoms with Gasteiger partial charge < -0.3 is 0 Å². The molecule has 1 saturated heterocycles. The third-order valence-corrected chi connectivity index (χ3v) is 7.62. The van der Waals surface area contributed by atoms with E-state index in [1.807, 2.05) is 0 Å². The Morgan fingerprint density at radius 3 is 2.48 bits per heavy atom. The molecule has 25 heavy (non-hydrogen) atoms. The van der Waals surface area contributed by atoms with Gasteiger partial charge in [-0.05, 0) is 56.4 Å². The summed E-state index contributed by atoms with van der Waals surface area (Å²) in [5, 5.41) is 3.42. The standard InChI is InChI=1S/C17H19N3O3S2/c21-16(19-17-18-14-4-3-5-15(14)24-17)12-6-8-13(9-7-12)25(22,23)20-10-1-2-11-20/h6-9H,1-5,10-11H2,(H,18,19,21). The number of nitrogens with one attached hydrogen (secondary N) is 1. The predicted molar refractivity (Wildman–Crippen MR) is 96.5 cm³/mol. The fourth-order valence-electron chi connectivity index (χ4n) is 3.27. The molecule has 0 unspecified atom stereocenters. The fourth-order valence-corrected chi connectivity index (χ4v) is 5.83. The van der Waals surface area contributed by atoms with E-state index >= 15 is 0 Å². The highest BCUT2D eigenvalue weighted by atomic mass is 32.2. The van der Waals surface area contributed by atoms with Gasteiger partial charge in [-0.2, -0.15) is 4.31 Å². The van der Waals surface area contributed by atoms with Crippen LogP contribution in [-0.2, 0) is 22.9 Å². The molecule has 4 rings (SSSR count). The van der Waals surface area contributed by atoms with E-state index in [4.69, 9.17) is 0 Å². The maximum Gasteiger partial charge on any atom is 0.257 e. The first-order valence-corrected chi connectivity index (χ1v) is 10.7. The molecule has 1 aromatic carbocycles. The van der Waals surface area contributed by atoms with Crippen LogP contribution in [-0.4, -0.2) is 36.7 Å². The van der Waals surface area contributed by atoms with Crippen LogP contribution in [0.15, 0.2) is 29.2 Å². The first-order chi connectivity index (χ1) is 12.0. The first-order valence-electron chi connectivity index (χ1n) is 8.44. The zero-order chi connectivity index (χ0) is 17.4. The van der Waals surface area contributed by atoms with Crippen LogP contribution < -0.4 is 5.32 Å². The van der Waals surface area contributed by atoms with E-state index < -0.39 is 10.0 Å². The van der Waals surface area contributed by atoms with Crippen LogP contribution in [0.1, 0.15) is 40.2 Å². The molecule has 1 aliphatic carbocycles. The Bertz CT molecular complexity index is 876. The summed E-state index contributed by atoms with van der Waals surface area (Å²) in [6.45, 7) is 1.14. The monoisotopic (exact) mass is 377 g/mol. The molecule has 0 bridgehead atoms. The zero-order valence-electron chi connectivity index (χ0n) is 13.7. The van der Waals surface area contributed by atoms with Gasteiger partial charge in [-0.25, -0.2) is 13.4 Å². The SMILES string of the molecule is O=C(Nc1nc2c(s1)CCC2)c1ccc(S(=O)(=O)N2CCCC2)cc1. The molecule has 0 radical (unpaired) electrons. The molecule has 1 N–H and O–H groups in total. The molecule has 2 aliphatic rings. The van der Waals surface area contributed by atoms with Gasteiger partial charge in [0.1, 0.15) is 0 Å². The van der Waals surface area contributed by atoms with Crippen LogP contribution in [0.4, 0.5) is 5.13 Å². The number of rotatable bonds is 4. The Morgan fingerprint density at radius 2 is 1.80 bits per heavy atom. The maximum atomic E-state index is 12.5. The van der Waals surface area contributed by atoms with Crippen LogP contribution in [0.3, 0.4) is 0 Å². The normalized spacial score (nSPS) is 17.6. The number of anilines is 1. The Balaban J connectivity index is 1.48. The van der Waals surface area contributed by atoms with Crippen molar-refractivity contribution in [2.24, 2.45) is 0 Å². The summed E-state index contributed by atoms with van der Waals surface area (Å²) in [6, 6.07) is 6.12. The van der Waals surface area contributed by atoms with Crippen molar-refractivity contribution in [3.05, 3.63) is 40.4 Å². The van der Waals surface area contributed by atoms with Crippen LogP contribution in [0.2, 0.25) is 0 Å². The minimum Gasteiger partial charge on any atom is -0.298 e. The second kappa shape index (κ2) is 6.51. The summed E-state index contributed by atoms with van der Waals surface area (Å²) in [6.07, 6.45) is 4.95. The lowest BCUT2D eigenvalue weighted by Crippen LogP contribution is -2.27. The molecule has 0 atom stereocenters. The Labute approximate surface area is 150 Å². The van der Waals surface area contributed by atoms with Crippen molar-refractivity contribution in [3.63, 3.8) is 0 Å². The summed E-state index contributed by atoms with van der Waals surface area (Å²) in [5.74, 6) is -0.266. The molecular formula is C17H19N3O3S2. The highest BCUT2D eigenvalue weighted by Crippen LogP contribution is 2.30. The van der Waals surface area contributed by atoms with Gasteiger partial charge in [-0.15, -0.1) is 11.3 Å². The van der Waals surface area contributed by atoms with E-state index in [0.29, 0.717) is 23.8 Å². The van der Waals surface area contributed by atoms with Gasteiger partial charge in [0.05, 0.1) is 10.6 Å². The van der Waals surface area contributed by atoms with E-state index in [2.05, 4.69) is 10.3 Å². The summed E-state index contributed by atoms with van der Waals surface area (Å²) >= 11 is 1.52. The van der Waals surface area contributed by atoms with Crippen molar-refractivity contribution in [2.75, 3.05) is 18.4 Å². The molecule has 0 spiro atoms. The molecule has 2 aromatic rings. The smallest absolute Gasteiger partial charge is 0.257 e. The molecule has 1 amide bonds. The molecule has 8 heteroatoms. The number of hydrogen-bond acceptors (Lipinski definition) is 5. The number of sulfonamides is 1. The lowest BCUT2D eigenvalue weighted by molar-refractivity contribution is 0.102. The summed E-state index contributed by atoms with van der Waals surface area (Å²) in [4.78, 5) is 18.3. The number of thiazole rings is 1. The number of fused-ring (bicyclic) bond motifs is 1. The van der Waals surface area contributed by atoms with Gasteiger partial charge in [0, 0.05) is 23.5 Å². The second-order valence-electron chi connectivity index (χ2n) is 6.33. The van der Waals surface area contributed by atoms with Gasteiger partial charge in [0.2, 0.25) is 10.0 Å². The maximum absolute atomic E-state index is 12.5. The average Bonchev–Trinajstić information content (AvgIpc) is 3.32. The fraction of sp³-hybridized carbons (Fsp3) is 0.412. The number of aryl methyl sites for hydroxylation is 2. The van der Waals surface area contributed by atoms with Gasteiger partial charge >= 0.3 is 0 Å². The van der Waals surface area contributed by atoms with E-state index in [-0.39, 0.29) is 10.8 Å². The first kappa shape index (κ1) is 16.7. The summed E-state index contributed by atoms with van der Waals surface area (Å²) in [7, 11) is -3.45. The van der Waals surface area contributed by atoms with Gasteiger partial charge in [0.15, 0.2) is 5.13 Å². The predicted octanol–water partition coefficient (Wildman–Crippen LogP) is 2.67. The molecule has 6 nitrogen and oxygen atoms in total. The minimum atomic E-state index is -3.45. The van der Waals surface area contributed by atoms with E-state index in [0.717, 1.165) is 37.8 Å². The topological polar surface area (TPSA) is 79.4 Å². The molecule has 1 fully saturated rings. The van der Waals surface area contributed by atoms with Crippen molar-refractivity contribution in [2.45, 2.75) is 37.0 Å². The number of nitrogens with zero attached hydrogens (tertiary/aromatic N) is 2. The van der Waals surface area contributed by atoms with Crippen molar-refractivity contribution in [1.29, 1.82) is 0 Å². The third kappa shape index (κ3) is 3.21. The largest absolute Gasteiger partial charge is 0.298 e. The van der Waals surface area contributed by atoms with Gasteiger partial charge in [0.25, 0.3) is 5.91 Å². The third-order valence-electron chi connectivity index (χ3n) is 4.64. The van der Waals surface area contributed by atoms with Crippen LogP contribution in [0.5, 0.6) is 0 Å². The number of benzene rings is 1. The number of hydrogen-bond donors (Lipinski definition) is 1. The van der Waals surface area contributed by atoms with Crippen LogP contribution in [0.25, 0.3) is 0 Å². The molecule has 1 aliphatic heterocycles. The van der Waals surface area contributed by atoms with Crippen LogP contribution >= 0.6 is 11.3 Å². The van der Waals surface area contributed by atoms with E-state index in [9.17, 15) is 13.2 Å². The molecule has 1 aromatic heterocycles. The lowest BCUT2D eigenvalue weighted by Gasteiger charge is -2.15. The lowest BCUT2D eigenvalue weighted by atomic mass is 10.2. The van der Waals surface area contributed by atoms with Crippen molar-refractivity contribution in [1.82, 2.24) is 9.29 Å². The van der Waals surface area contributed by atoms with E-state index in [1.54, 1.807) is 12.1 Å². The van der Waals surface area contributed by atoms with E-state index in [1.165, 1.54) is 32.7 Å². The molecule has 2 heterocycles. The summed E-state index contributed by atoms with van der Waals surface area (Å²) in [5.41, 5.74) is 1.52. The molecule has 0 saturated carbocycles. The Morgan fingerprint density at radius 1 is 1.08 bits per heavy atom. The van der Waals surface area contributed by atoms with Crippen LogP contribution in [0, 0.1) is 0 Å². The highest BCUT2D eigenvalue weighted by Gasteiger charge is 2.27. The number of aromatic nitrogens is 1. The number of carbonyl (C=O) groups excluding carboxylic acids is 1. The van der Waals surface area contributed by atoms with Crippen molar-refractivity contribution < 1.29 is 13.2 Å². The number of amides is 1. The quantitative estimate of drug-likeness (QED) is 0.888. The van der Waals surface area contributed by atoms with Gasteiger partial charge in [-0.3, -0.25) is 10.1 Å². The minimum absolute atomic E-state index is 0.235. The number of carbonyl (C=O) groups is 1.